The molecule has 1 atom stereocenters. The number of nitrogens with one attached hydrogen (secondary N) is 2. The molecule has 0 radical (unpaired) electrons. The number of rotatable bonds is 8. The van der Waals surface area contributed by atoms with Crippen LogP contribution in [0.1, 0.15) is 50.5 Å². The van der Waals surface area contributed by atoms with Crippen molar-refractivity contribution in [2.75, 3.05) is 45.4 Å². The normalized spacial score (nSPS) is 22.4. The van der Waals surface area contributed by atoms with Crippen molar-refractivity contribution in [1.82, 2.24) is 10.6 Å². The zero-order chi connectivity index (χ0) is 20.5. The van der Waals surface area contributed by atoms with Gasteiger partial charge in [0.15, 0.2) is 5.96 Å². The van der Waals surface area contributed by atoms with E-state index in [2.05, 4.69) is 51.8 Å². The van der Waals surface area contributed by atoms with Crippen molar-refractivity contribution in [3.05, 3.63) is 29.8 Å². The van der Waals surface area contributed by atoms with Crippen molar-refractivity contribution < 1.29 is 9.84 Å². The summed E-state index contributed by atoms with van der Waals surface area (Å²) in [7, 11) is 4.02. The quantitative estimate of drug-likeness (QED) is 0.273. The number of nitrogens with zero attached hydrogens (tertiary/aromatic N) is 2. The van der Waals surface area contributed by atoms with E-state index in [1.807, 2.05) is 0 Å². The van der Waals surface area contributed by atoms with Crippen molar-refractivity contribution >= 4 is 35.6 Å². The summed E-state index contributed by atoms with van der Waals surface area (Å²) in [5, 5.41) is 16.2. The molecule has 2 fully saturated rings. The van der Waals surface area contributed by atoms with Crippen molar-refractivity contribution in [2.24, 2.45) is 10.4 Å². The van der Waals surface area contributed by atoms with Gasteiger partial charge in [-0.1, -0.05) is 31.4 Å². The maximum Gasteiger partial charge on any atom is 0.191 e. The zero-order valence-corrected chi connectivity index (χ0v) is 20.9. The predicted molar refractivity (Wildman–Crippen MR) is 135 cm³/mol. The molecular weight excluding hydrogens is 491 g/mol. The van der Waals surface area contributed by atoms with Crippen LogP contribution < -0.4 is 15.5 Å². The molecule has 1 aromatic carbocycles. The van der Waals surface area contributed by atoms with E-state index in [0.717, 1.165) is 38.5 Å². The van der Waals surface area contributed by atoms with E-state index in [-0.39, 0.29) is 36.0 Å². The molecular formula is C23H39IN4O2. The molecule has 0 amide bonds. The van der Waals surface area contributed by atoms with Crippen molar-refractivity contribution in [1.29, 1.82) is 0 Å². The predicted octanol–water partition coefficient (Wildman–Crippen LogP) is 3.53. The Bertz CT molecular complexity index is 641. The third-order valence-electron chi connectivity index (χ3n) is 6.61. The second-order valence-corrected chi connectivity index (χ2v) is 8.62. The van der Waals surface area contributed by atoms with Gasteiger partial charge in [-0.05, 0) is 43.4 Å². The monoisotopic (exact) mass is 530 g/mol. The van der Waals surface area contributed by atoms with E-state index in [1.54, 1.807) is 7.05 Å². The average Bonchev–Trinajstić information content (AvgIpc) is 3.23. The molecule has 0 bridgehead atoms. The molecule has 0 aromatic heterocycles. The molecule has 2 aliphatic rings. The molecule has 6 nitrogen and oxygen atoms in total. The highest BCUT2D eigenvalue weighted by molar-refractivity contribution is 14.0. The van der Waals surface area contributed by atoms with Gasteiger partial charge in [0.2, 0.25) is 0 Å². The Balaban J connectivity index is 0.00000320. The first-order valence-corrected chi connectivity index (χ1v) is 11.1. The van der Waals surface area contributed by atoms with Gasteiger partial charge in [-0.3, -0.25) is 4.99 Å². The lowest BCUT2D eigenvalue weighted by Crippen LogP contribution is -2.44. The maximum atomic E-state index is 9.38. The van der Waals surface area contributed by atoms with Crippen LogP contribution in [0.5, 0.6) is 0 Å². The Labute approximate surface area is 198 Å². The standard InChI is InChI=1S/C23H38N4O2.HI/c1-24-22(26-17-23(12-14-28)13-15-29-18-23)25-16-19-8-10-21(11-9-19)27(2)20-6-4-3-5-7-20;/h8-11,20,28H,3-7,12-18H2,1-2H3,(H2,24,25,26);1H. The number of hydrogen-bond donors (Lipinski definition) is 3. The van der Waals surface area contributed by atoms with E-state index in [4.69, 9.17) is 4.74 Å². The van der Waals surface area contributed by atoms with Crippen molar-refractivity contribution in [3.63, 3.8) is 0 Å². The number of benzene rings is 1. The number of aliphatic hydroxyl groups excluding tert-OH is 1. The average molecular weight is 530 g/mol. The van der Waals surface area contributed by atoms with Crippen LogP contribution in [0.4, 0.5) is 5.69 Å². The molecule has 170 valence electrons. The minimum atomic E-state index is 0. The molecule has 1 saturated heterocycles. The summed E-state index contributed by atoms with van der Waals surface area (Å²) in [4.78, 5) is 6.79. The highest BCUT2D eigenvalue weighted by atomic mass is 127. The third kappa shape index (κ3) is 6.99. The lowest BCUT2D eigenvalue weighted by atomic mass is 9.84. The van der Waals surface area contributed by atoms with Crippen molar-refractivity contribution in [2.45, 2.75) is 57.5 Å². The highest BCUT2D eigenvalue weighted by Crippen LogP contribution is 2.31. The molecule has 30 heavy (non-hydrogen) atoms. The molecule has 0 spiro atoms. The lowest BCUT2D eigenvalue weighted by molar-refractivity contribution is 0.127. The Hall–Kier alpha value is -1.06. The molecule has 1 heterocycles. The fraction of sp³-hybridized carbons (Fsp3) is 0.696. The van der Waals surface area contributed by atoms with Gasteiger partial charge in [-0.15, -0.1) is 24.0 Å². The van der Waals surface area contributed by atoms with Crippen LogP contribution in [0.3, 0.4) is 0 Å². The van der Waals surface area contributed by atoms with Crippen LogP contribution in [-0.4, -0.2) is 57.6 Å². The second-order valence-electron chi connectivity index (χ2n) is 8.62. The fourth-order valence-corrected chi connectivity index (χ4v) is 4.52. The highest BCUT2D eigenvalue weighted by Gasteiger charge is 2.34. The summed E-state index contributed by atoms with van der Waals surface area (Å²) in [5.41, 5.74) is 2.55. The van der Waals surface area contributed by atoms with Crippen LogP contribution >= 0.6 is 24.0 Å². The molecule has 3 rings (SSSR count). The van der Waals surface area contributed by atoms with Gasteiger partial charge in [0.1, 0.15) is 0 Å². The number of halogens is 1. The van der Waals surface area contributed by atoms with Gasteiger partial charge in [0.05, 0.1) is 6.61 Å². The lowest BCUT2D eigenvalue weighted by Gasteiger charge is -2.33. The first-order chi connectivity index (χ1) is 14.2. The maximum absolute atomic E-state index is 9.38. The topological polar surface area (TPSA) is 69.1 Å². The van der Waals surface area contributed by atoms with Crippen LogP contribution in [0.2, 0.25) is 0 Å². The van der Waals surface area contributed by atoms with Crippen LogP contribution in [0.25, 0.3) is 0 Å². The van der Waals surface area contributed by atoms with E-state index >= 15 is 0 Å². The molecule has 1 aromatic rings. The van der Waals surface area contributed by atoms with Crippen LogP contribution in [0, 0.1) is 5.41 Å². The minimum absolute atomic E-state index is 0. The number of hydrogen-bond acceptors (Lipinski definition) is 4. The van der Waals surface area contributed by atoms with Gasteiger partial charge >= 0.3 is 0 Å². The number of aliphatic imine (C=N–C) groups is 1. The van der Waals surface area contributed by atoms with Gasteiger partial charge in [0, 0.05) is 57.5 Å². The largest absolute Gasteiger partial charge is 0.396 e. The van der Waals surface area contributed by atoms with Gasteiger partial charge in [-0.25, -0.2) is 0 Å². The second kappa shape index (κ2) is 12.7. The van der Waals surface area contributed by atoms with Crippen LogP contribution in [0.15, 0.2) is 29.3 Å². The summed E-state index contributed by atoms with van der Waals surface area (Å²) < 4.78 is 5.57. The number of guanidine groups is 1. The molecule has 1 saturated carbocycles. The smallest absolute Gasteiger partial charge is 0.191 e. The number of anilines is 1. The van der Waals surface area contributed by atoms with Crippen LogP contribution in [-0.2, 0) is 11.3 Å². The fourth-order valence-electron chi connectivity index (χ4n) is 4.52. The molecule has 3 N–H and O–H groups in total. The number of aliphatic hydroxyl groups is 1. The third-order valence-corrected chi connectivity index (χ3v) is 6.61. The minimum Gasteiger partial charge on any atom is -0.396 e. The first kappa shape index (κ1) is 25.2. The Morgan fingerprint density at radius 1 is 1.20 bits per heavy atom. The Kier molecular flexibility index (Phi) is 10.7. The van der Waals surface area contributed by atoms with E-state index in [0.29, 0.717) is 12.6 Å². The van der Waals surface area contributed by atoms with Gasteiger partial charge in [-0.2, -0.15) is 0 Å². The summed E-state index contributed by atoms with van der Waals surface area (Å²) in [6.07, 6.45) is 8.46. The SMILES string of the molecule is CN=C(NCc1ccc(N(C)C2CCCCC2)cc1)NCC1(CCO)CCOC1.I. The van der Waals surface area contributed by atoms with E-state index in [1.165, 1.54) is 43.4 Å². The van der Waals surface area contributed by atoms with Gasteiger partial charge < -0.3 is 25.4 Å². The zero-order valence-electron chi connectivity index (χ0n) is 18.5. The van der Waals surface area contributed by atoms with Gasteiger partial charge in [0.25, 0.3) is 0 Å². The Morgan fingerprint density at radius 2 is 1.93 bits per heavy atom. The molecule has 1 aliphatic heterocycles. The summed E-state index contributed by atoms with van der Waals surface area (Å²) in [6, 6.07) is 9.54. The first-order valence-electron chi connectivity index (χ1n) is 11.1. The summed E-state index contributed by atoms with van der Waals surface area (Å²) >= 11 is 0. The molecule has 7 heteroatoms. The summed E-state index contributed by atoms with van der Waals surface area (Å²) in [6.45, 7) is 3.16. The van der Waals surface area contributed by atoms with E-state index in [9.17, 15) is 5.11 Å². The van der Waals surface area contributed by atoms with Crippen molar-refractivity contribution in [3.8, 4) is 0 Å². The molecule has 1 unspecified atom stereocenters. The Morgan fingerprint density at radius 3 is 2.53 bits per heavy atom. The van der Waals surface area contributed by atoms with E-state index < -0.39 is 0 Å². The summed E-state index contributed by atoms with van der Waals surface area (Å²) in [5.74, 6) is 0.789. The molecule has 1 aliphatic carbocycles. The number of ether oxygens (including phenoxy) is 1.